The van der Waals surface area contributed by atoms with Gasteiger partial charge in [0.05, 0.1) is 6.04 Å². The Morgan fingerprint density at radius 3 is 2.50 bits per heavy atom. The summed E-state index contributed by atoms with van der Waals surface area (Å²) in [5, 5.41) is 4.25. The molecule has 0 bridgehead atoms. The van der Waals surface area contributed by atoms with E-state index in [4.69, 9.17) is 4.74 Å². The van der Waals surface area contributed by atoms with Crippen LogP contribution in [0.3, 0.4) is 0 Å². The number of carbonyl (C=O) groups is 1. The maximum Gasteiger partial charge on any atom is 0.410 e. The molecule has 0 N–H and O–H groups in total. The summed E-state index contributed by atoms with van der Waals surface area (Å²) >= 11 is 0. The maximum atomic E-state index is 11.9. The molecule has 5 heteroatoms. The largest absolute Gasteiger partial charge is 0.444 e. The van der Waals surface area contributed by atoms with Crippen LogP contribution in [0, 0.1) is 0 Å². The minimum absolute atomic E-state index is 0.207. The van der Waals surface area contributed by atoms with Crippen LogP contribution in [0.15, 0.2) is 18.5 Å². The quantitative estimate of drug-likeness (QED) is 0.770. The number of rotatable bonds is 1. The molecule has 0 spiro atoms. The van der Waals surface area contributed by atoms with E-state index in [1.807, 2.05) is 37.7 Å². The van der Waals surface area contributed by atoms with Gasteiger partial charge in [0.1, 0.15) is 5.60 Å². The highest BCUT2D eigenvalue weighted by Gasteiger charge is 2.27. The fraction of sp³-hybridized carbons (Fsp3) is 0.692. The second-order valence-corrected chi connectivity index (χ2v) is 5.68. The highest BCUT2D eigenvalue weighted by atomic mass is 16.6. The van der Waals surface area contributed by atoms with E-state index < -0.39 is 5.60 Å². The normalized spacial score (nSPS) is 17.8. The first kappa shape index (κ1) is 12.9. The van der Waals surface area contributed by atoms with Gasteiger partial charge in [0.2, 0.25) is 0 Å². The van der Waals surface area contributed by atoms with E-state index in [1.54, 1.807) is 11.1 Å². The number of hydrogen-bond acceptors (Lipinski definition) is 3. The van der Waals surface area contributed by atoms with Gasteiger partial charge in [0.15, 0.2) is 0 Å². The molecule has 18 heavy (non-hydrogen) atoms. The number of hydrogen-bond donors (Lipinski definition) is 0. The molecule has 0 atom stereocenters. The van der Waals surface area contributed by atoms with Crippen LogP contribution in [0.25, 0.3) is 0 Å². The Morgan fingerprint density at radius 1 is 1.33 bits per heavy atom. The lowest BCUT2D eigenvalue weighted by molar-refractivity contribution is 0.0185. The van der Waals surface area contributed by atoms with Gasteiger partial charge in [-0.25, -0.2) is 4.79 Å². The molecule has 0 unspecified atom stereocenters. The van der Waals surface area contributed by atoms with E-state index >= 15 is 0 Å². The molecule has 1 amide bonds. The van der Waals surface area contributed by atoms with Crippen molar-refractivity contribution in [1.82, 2.24) is 14.7 Å². The summed E-state index contributed by atoms with van der Waals surface area (Å²) in [4.78, 5) is 13.7. The molecule has 1 fully saturated rings. The summed E-state index contributed by atoms with van der Waals surface area (Å²) in [6.07, 6.45) is 5.43. The number of amides is 1. The third-order valence-electron chi connectivity index (χ3n) is 3.02. The summed E-state index contributed by atoms with van der Waals surface area (Å²) in [6, 6.07) is 2.33. The molecular weight excluding hydrogens is 230 g/mol. The smallest absolute Gasteiger partial charge is 0.410 e. The molecule has 1 aliphatic heterocycles. The van der Waals surface area contributed by atoms with Crippen molar-refractivity contribution >= 4 is 6.09 Å². The number of likely N-dealkylation sites (tertiary alicyclic amines) is 1. The Morgan fingerprint density at radius 2 is 2.00 bits per heavy atom. The molecule has 2 heterocycles. The van der Waals surface area contributed by atoms with E-state index in [2.05, 4.69) is 5.10 Å². The summed E-state index contributed by atoms with van der Waals surface area (Å²) in [7, 11) is 0. The summed E-state index contributed by atoms with van der Waals surface area (Å²) in [5.74, 6) is 0. The van der Waals surface area contributed by atoms with Gasteiger partial charge in [0.25, 0.3) is 0 Å². The van der Waals surface area contributed by atoms with Crippen LogP contribution in [-0.4, -0.2) is 39.5 Å². The van der Waals surface area contributed by atoms with E-state index in [-0.39, 0.29) is 6.09 Å². The minimum Gasteiger partial charge on any atom is -0.444 e. The summed E-state index contributed by atoms with van der Waals surface area (Å²) in [5.41, 5.74) is -0.421. The van der Waals surface area contributed by atoms with Gasteiger partial charge >= 0.3 is 6.09 Å². The lowest BCUT2D eigenvalue weighted by Gasteiger charge is -2.33. The Labute approximate surface area is 108 Å². The second-order valence-electron chi connectivity index (χ2n) is 5.68. The van der Waals surface area contributed by atoms with Crippen molar-refractivity contribution in [2.24, 2.45) is 0 Å². The van der Waals surface area contributed by atoms with Gasteiger partial charge < -0.3 is 9.64 Å². The second kappa shape index (κ2) is 5.00. The van der Waals surface area contributed by atoms with Crippen molar-refractivity contribution in [2.45, 2.75) is 45.3 Å². The highest BCUT2D eigenvalue weighted by Crippen LogP contribution is 2.22. The first-order chi connectivity index (χ1) is 8.46. The Bertz CT molecular complexity index is 387. The van der Waals surface area contributed by atoms with Crippen molar-refractivity contribution in [3.8, 4) is 0 Å². The van der Waals surface area contributed by atoms with E-state index in [1.165, 1.54) is 0 Å². The fourth-order valence-corrected chi connectivity index (χ4v) is 2.14. The number of piperidine rings is 1. The van der Waals surface area contributed by atoms with Crippen LogP contribution in [-0.2, 0) is 4.74 Å². The van der Waals surface area contributed by atoms with Gasteiger partial charge in [-0.1, -0.05) is 0 Å². The number of nitrogens with zero attached hydrogens (tertiary/aromatic N) is 3. The maximum absolute atomic E-state index is 11.9. The van der Waals surface area contributed by atoms with Gasteiger partial charge in [-0.2, -0.15) is 5.10 Å². The molecule has 1 saturated heterocycles. The lowest BCUT2D eigenvalue weighted by Crippen LogP contribution is -2.42. The van der Waals surface area contributed by atoms with Crippen molar-refractivity contribution in [2.75, 3.05) is 13.1 Å². The van der Waals surface area contributed by atoms with E-state index in [0.29, 0.717) is 6.04 Å². The molecule has 2 rings (SSSR count). The van der Waals surface area contributed by atoms with E-state index in [0.717, 1.165) is 25.9 Å². The van der Waals surface area contributed by atoms with Crippen molar-refractivity contribution < 1.29 is 9.53 Å². The Kier molecular flexibility index (Phi) is 3.59. The molecule has 1 aliphatic rings. The zero-order chi connectivity index (χ0) is 13.2. The van der Waals surface area contributed by atoms with Crippen molar-refractivity contribution in [1.29, 1.82) is 0 Å². The van der Waals surface area contributed by atoms with Crippen molar-refractivity contribution in [3.63, 3.8) is 0 Å². The first-order valence-corrected chi connectivity index (χ1v) is 6.43. The molecule has 0 radical (unpaired) electrons. The van der Waals surface area contributed by atoms with Gasteiger partial charge in [-0.05, 0) is 39.7 Å². The molecular formula is C13H21N3O2. The zero-order valence-electron chi connectivity index (χ0n) is 11.3. The predicted octanol–water partition coefficient (Wildman–Crippen LogP) is 2.46. The van der Waals surface area contributed by atoms with Gasteiger partial charge in [-0.3, -0.25) is 4.68 Å². The molecule has 0 aliphatic carbocycles. The summed E-state index contributed by atoms with van der Waals surface area (Å²) < 4.78 is 7.35. The fourth-order valence-electron chi connectivity index (χ4n) is 2.14. The van der Waals surface area contributed by atoms with Crippen LogP contribution in [0.2, 0.25) is 0 Å². The van der Waals surface area contributed by atoms with Crippen LogP contribution >= 0.6 is 0 Å². The average molecular weight is 251 g/mol. The van der Waals surface area contributed by atoms with Crippen LogP contribution in [0.1, 0.15) is 39.7 Å². The number of ether oxygens (including phenoxy) is 1. The topological polar surface area (TPSA) is 47.4 Å². The average Bonchev–Trinajstić information content (AvgIpc) is 2.80. The predicted molar refractivity (Wildman–Crippen MR) is 68.3 cm³/mol. The Balaban J connectivity index is 1.85. The number of carbonyl (C=O) groups excluding carboxylic acids is 1. The number of aromatic nitrogens is 2. The molecule has 1 aromatic heterocycles. The molecule has 100 valence electrons. The molecule has 1 aromatic rings. The standard InChI is InChI=1S/C13H21N3O2/c1-13(2,3)18-12(17)15-9-5-11(6-10-15)16-8-4-7-14-16/h4,7-8,11H,5-6,9-10H2,1-3H3. The molecule has 0 aromatic carbocycles. The molecule has 5 nitrogen and oxygen atoms in total. The van der Waals surface area contributed by atoms with E-state index in [9.17, 15) is 4.79 Å². The highest BCUT2D eigenvalue weighted by molar-refractivity contribution is 5.68. The third kappa shape index (κ3) is 3.24. The van der Waals surface area contributed by atoms with Crippen LogP contribution in [0.5, 0.6) is 0 Å². The SMILES string of the molecule is CC(C)(C)OC(=O)N1CCC(n2cccn2)CC1. The van der Waals surface area contributed by atoms with Gasteiger partial charge in [-0.15, -0.1) is 0 Å². The first-order valence-electron chi connectivity index (χ1n) is 6.43. The van der Waals surface area contributed by atoms with Gasteiger partial charge in [0, 0.05) is 25.5 Å². The monoisotopic (exact) mass is 251 g/mol. The molecule has 0 saturated carbocycles. The minimum atomic E-state index is -0.421. The lowest BCUT2D eigenvalue weighted by atomic mass is 10.1. The zero-order valence-corrected chi connectivity index (χ0v) is 11.3. The van der Waals surface area contributed by atoms with Crippen molar-refractivity contribution in [3.05, 3.63) is 18.5 Å². The van der Waals surface area contributed by atoms with Crippen LogP contribution < -0.4 is 0 Å². The third-order valence-corrected chi connectivity index (χ3v) is 3.02. The Hall–Kier alpha value is -1.52. The van der Waals surface area contributed by atoms with Crippen LogP contribution in [0.4, 0.5) is 4.79 Å². The summed E-state index contributed by atoms with van der Waals surface area (Å²) in [6.45, 7) is 7.14.